The summed E-state index contributed by atoms with van der Waals surface area (Å²) < 4.78 is 21.2. The van der Waals surface area contributed by atoms with Crippen LogP contribution in [0.15, 0.2) is 41.2 Å². The van der Waals surface area contributed by atoms with Crippen molar-refractivity contribution in [3.63, 3.8) is 0 Å². The Bertz CT molecular complexity index is 711. The van der Waals surface area contributed by atoms with E-state index in [-0.39, 0.29) is 11.9 Å². The van der Waals surface area contributed by atoms with Crippen LogP contribution in [-0.4, -0.2) is 57.9 Å². The first-order valence-corrected chi connectivity index (χ1v) is 8.57. The molecule has 1 saturated heterocycles. The predicted molar refractivity (Wildman–Crippen MR) is 95.7 cm³/mol. The van der Waals surface area contributed by atoms with Crippen molar-refractivity contribution in [3.05, 3.63) is 47.9 Å². The van der Waals surface area contributed by atoms with Gasteiger partial charge in [-0.15, -0.1) is 0 Å². The average molecular weight is 360 g/mol. The summed E-state index contributed by atoms with van der Waals surface area (Å²) in [6.45, 7) is 3.44. The summed E-state index contributed by atoms with van der Waals surface area (Å²) in [6.07, 6.45) is 2.93. The van der Waals surface area contributed by atoms with Gasteiger partial charge in [-0.2, -0.15) is 0 Å². The highest BCUT2D eigenvalue weighted by atomic mass is 16.5. The summed E-state index contributed by atoms with van der Waals surface area (Å²) in [5.41, 5.74) is 1.56. The van der Waals surface area contributed by atoms with Gasteiger partial charge in [-0.05, 0) is 23.8 Å². The van der Waals surface area contributed by atoms with Crippen molar-refractivity contribution in [1.82, 2.24) is 10.2 Å². The van der Waals surface area contributed by atoms with Crippen LogP contribution in [0.5, 0.6) is 11.5 Å². The molecule has 0 saturated carbocycles. The number of morpholine rings is 1. The molecule has 7 heteroatoms. The van der Waals surface area contributed by atoms with Crippen molar-refractivity contribution in [1.29, 1.82) is 0 Å². The number of hydrogen-bond donors (Lipinski definition) is 1. The minimum absolute atomic E-state index is 0.00885. The van der Waals surface area contributed by atoms with E-state index in [0.717, 1.165) is 18.7 Å². The number of nitrogens with one attached hydrogen (secondary N) is 1. The van der Waals surface area contributed by atoms with Crippen LogP contribution in [0, 0.1) is 0 Å². The lowest BCUT2D eigenvalue weighted by Crippen LogP contribution is -2.43. The lowest BCUT2D eigenvalue weighted by atomic mass is 10.0. The van der Waals surface area contributed by atoms with E-state index in [0.29, 0.717) is 36.8 Å². The number of benzene rings is 1. The molecule has 1 aromatic heterocycles. The van der Waals surface area contributed by atoms with Crippen LogP contribution in [0.4, 0.5) is 0 Å². The van der Waals surface area contributed by atoms with Crippen LogP contribution < -0.4 is 14.8 Å². The van der Waals surface area contributed by atoms with Crippen molar-refractivity contribution in [3.8, 4) is 11.5 Å². The fourth-order valence-electron chi connectivity index (χ4n) is 3.09. The molecule has 1 aromatic carbocycles. The maximum atomic E-state index is 12.3. The number of carbonyl (C=O) groups is 1. The molecule has 7 nitrogen and oxygen atoms in total. The van der Waals surface area contributed by atoms with Gasteiger partial charge in [0.2, 0.25) is 0 Å². The van der Waals surface area contributed by atoms with Crippen molar-refractivity contribution < 1.29 is 23.4 Å². The minimum atomic E-state index is -0.155. The Morgan fingerprint density at radius 3 is 2.62 bits per heavy atom. The maximum absolute atomic E-state index is 12.3. The third-order valence-electron chi connectivity index (χ3n) is 4.52. The molecule has 1 atom stereocenters. The van der Waals surface area contributed by atoms with Gasteiger partial charge in [0.25, 0.3) is 5.91 Å². The normalized spacial score (nSPS) is 16.1. The Labute approximate surface area is 152 Å². The van der Waals surface area contributed by atoms with Crippen molar-refractivity contribution in [2.24, 2.45) is 0 Å². The van der Waals surface area contributed by atoms with Crippen molar-refractivity contribution in [2.75, 3.05) is 47.1 Å². The second-order valence-corrected chi connectivity index (χ2v) is 6.00. The van der Waals surface area contributed by atoms with Gasteiger partial charge in [0.15, 0.2) is 11.5 Å². The van der Waals surface area contributed by atoms with Crippen LogP contribution in [0.2, 0.25) is 0 Å². The highest BCUT2D eigenvalue weighted by Gasteiger charge is 2.24. The predicted octanol–water partition coefficient (Wildman–Crippen LogP) is 2.10. The number of carbonyl (C=O) groups excluding carboxylic acids is 1. The van der Waals surface area contributed by atoms with Crippen molar-refractivity contribution >= 4 is 5.91 Å². The summed E-state index contributed by atoms with van der Waals surface area (Å²) in [6, 6.07) is 7.51. The minimum Gasteiger partial charge on any atom is -0.493 e. The van der Waals surface area contributed by atoms with E-state index in [4.69, 9.17) is 18.6 Å². The molecule has 1 aliphatic rings. The van der Waals surface area contributed by atoms with Gasteiger partial charge in [-0.3, -0.25) is 9.69 Å². The molecule has 140 valence electrons. The second kappa shape index (κ2) is 8.73. The molecule has 1 fully saturated rings. The molecule has 0 bridgehead atoms. The summed E-state index contributed by atoms with van der Waals surface area (Å²) in [5, 5.41) is 2.99. The topological polar surface area (TPSA) is 73.2 Å². The standard InChI is InChI=1S/C19H24N2O5/c1-23-17-4-3-14(11-18(17)24-2)16(21-6-9-25-10-7-21)12-20-19(22)15-5-8-26-13-15/h3-5,8,11,13,16H,6-7,9-10,12H2,1-2H3,(H,20,22)/t16-/m1/s1. The molecular weight excluding hydrogens is 336 g/mol. The Morgan fingerprint density at radius 2 is 1.96 bits per heavy atom. The highest BCUT2D eigenvalue weighted by Crippen LogP contribution is 2.32. The van der Waals surface area contributed by atoms with Crippen LogP contribution >= 0.6 is 0 Å². The molecule has 0 spiro atoms. The van der Waals surface area contributed by atoms with E-state index in [1.807, 2.05) is 18.2 Å². The molecule has 26 heavy (non-hydrogen) atoms. The van der Waals surface area contributed by atoms with E-state index in [9.17, 15) is 4.79 Å². The highest BCUT2D eigenvalue weighted by molar-refractivity contribution is 5.93. The Morgan fingerprint density at radius 1 is 1.19 bits per heavy atom. The summed E-state index contributed by atoms with van der Waals surface area (Å²) in [5.74, 6) is 1.20. The van der Waals surface area contributed by atoms with Gasteiger partial charge in [0.05, 0.1) is 45.3 Å². The smallest absolute Gasteiger partial charge is 0.254 e. The van der Waals surface area contributed by atoms with Gasteiger partial charge in [0, 0.05) is 19.6 Å². The number of methoxy groups -OCH3 is 2. The number of nitrogens with zero attached hydrogens (tertiary/aromatic N) is 1. The van der Waals surface area contributed by atoms with Crippen LogP contribution in [-0.2, 0) is 4.74 Å². The van der Waals surface area contributed by atoms with E-state index in [1.165, 1.54) is 12.5 Å². The monoisotopic (exact) mass is 360 g/mol. The molecule has 0 radical (unpaired) electrons. The molecule has 1 amide bonds. The van der Waals surface area contributed by atoms with Crippen LogP contribution in [0.1, 0.15) is 22.0 Å². The second-order valence-electron chi connectivity index (χ2n) is 6.00. The Balaban J connectivity index is 1.79. The fraction of sp³-hybridized carbons (Fsp3) is 0.421. The molecule has 3 rings (SSSR count). The zero-order valence-electron chi connectivity index (χ0n) is 15.1. The number of ether oxygens (including phenoxy) is 3. The molecule has 1 aliphatic heterocycles. The molecule has 1 N–H and O–H groups in total. The van der Waals surface area contributed by atoms with Crippen molar-refractivity contribution in [2.45, 2.75) is 6.04 Å². The third-order valence-corrected chi connectivity index (χ3v) is 4.52. The number of furan rings is 1. The van der Waals surface area contributed by atoms with E-state index >= 15 is 0 Å². The first kappa shape index (κ1) is 18.3. The summed E-state index contributed by atoms with van der Waals surface area (Å²) in [4.78, 5) is 14.6. The van der Waals surface area contributed by atoms with Crippen LogP contribution in [0.3, 0.4) is 0 Å². The summed E-state index contributed by atoms with van der Waals surface area (Å²) in [7, 11) is 3.23. The molecule has 2 aromatic rings. The summed E-state index contributed by atoms with van der Waals surface area (Å²) >= 11 is 0. The van der Waals surface area contributed by atoms with Crippen LogP contribution in [0.25, 0.3) is 0 Å². The van der Waals surface area contributed by atoms with Gasteiger partial charge >= 0.3 is 0 Å². The van der Waals surface area contributed by atoms with Gasteiger partial charge in [-0.25, -0.2) is 0 Å². The fourth-order valence-corrected chi connectivity index (χ4v) is 3.09. The average Bonchev–Trinajstić information content (AvgIpc) is 3.23. The first-order valence-electron chi connectivity index (χ1n) is 8.57. The SMILES string of the molecule is COc1ccc([C@@H](CNC(=O)c2ccoc2)N2CCOCC2)cc1OC. The zero-order valence-corrected chi connectivity index (χ0v) is 15.1. The third kappa shape index (κ3) is 4.17. The zero-order chi connectivity index (χ0) is 18.4. The molecule has 0 aliphatic carbocycles. The number of rotatable bonds is 7. The first-order chi connectivity index (χ1) is 12.7. The van der Waals surface area contributed by atoms with Gasteiger partial charge in [0.1, 0.15) is 6.26 Å². The van der Waals surface area contributed by atoms with E-state index < -0.39 is 0 Å². The number of amides is 1. The van der Waals surface area contributed by atoms with E-state index in [2.05, 4.69) is 10.2 Å². The lowest BCUT2D eigenvalue weighted by molar-refractivity contribution is 0.0162. The molecular formula is C19H24N2O5. The van der Waals surface area contributed by atoms with Gasteiger partial charge in [-0.1, -0.05) is 6.07 Å². The lowest BCUT2D eigenvalue weighted by Gasteiger charge is -2.35. The quantitative estimate of drug-likeness (QED) is 0.815. The van der Waals surface area contributed by atoms with Gasteiger partial charge < -0.3 is 23.9 Å². The Hall–Kier alpha value is -2.51. The number of hydrogen-bond acceptors (Lipinski definition) is 6. The van der Waals surface area contributed by atoms with E-state index in [1.54, 1.807) is 20.3 Å². The molecule has 2 heterocycles. The largest absolute Gasteiger partial charge is 0.493 e. The Kier molecular flexibility index (Phi) is 6.14. The molecule has 0 unspecified atom stereocenters. The maximum Gasteiger partial charge on any atom is 0.254 e.